The molecule has 0 spiro atoms. The van der Waals surface area contributed by atoms with E-state index in [0.717, 1.165) is 11.1 Å². The van der Waals surface area contributed by atoms with Crippen LogP contribution in [-0.4, -0.2) is 31.6 Å². The van der Waals surface area contributed by atoms with E-state index >= 15 is 0 Å². The molecule has 0 atom stereocenters. The molecule has 2 aliphatic rings. The molecular formula is C26H22FNO5. The summed E-state index contributed by atoms with van der Waals surface area (Å²) >= 11 is 0. The van der Waals surface area contributed by atoms with Crippen LogP contribution in [-0.2, 0) is 13.1 Å². The molecule has 0 bridgehead atoms. The van der Waals surface area contributed by atoms with Gasteiger partial charge in [-0.3, -0.25) is 9.69 Å². The van der Waals surface area contributed by atoms with E-state index in [-0.39, 0.29) is 17.4 Å². The van der Waals surface area contributed by atoms with Gasteiger partial charge in [0.05, 0.1) is 25.3 Å². The van der Waals surface area contributed by atoms with Crippen LogP contribution in [0.1, 0.15) is 27.0 Å². The van der Waals surface area contributed by atoms with Crippen LogP contribution >= 0.6 is 0 Å². The molecule has 2 heterocycles. The number of fused-ring (bicyclic) bond motifs is 3. The predicted molar refractivity (Wildman–Crippen MR) is 120 cm³/mol. The largest absolute Gasteiger partial charge is 0.497 e. The van der Waals surface area contributed by atoms with Crippen LogP contribution in [0.15, 0.2) is 60.4 Å². The van der Waals surface area contributed by atoms with Crippen molar-refractivity contribution in [3.8, 4) is 23.0 Å². The number of allylic oxidation sites excluding steroid dienone is 1. The number of carbonyl (C=O) groups excluding carboxylic acids is 1. The van der Waals surface area contributed by atoms with Crippen LogP contribution in [0.3, 0.4) is 0 Å². The van der Waals surface area contributed by atoms with Crippen LogP contribution in [0.4, 0.5) is 4.39 Å². The molecule has 2 aliphatic heterocycles. The molecule has 7 heteroatoms. The molecule has 0 N–H and O–H groups in total. The minimum Gasteiger partial charge on any atom is -0.497 e. The number of hydrogen-bond acceptors (Lipinski definition) is 6. The van der Waals surface area contributed by atoms with Crippen molar-refractivity contribution in [2.24, 2.45) is 0 Å². The smallest absolute Gasteiger partial charge is 0.231 e. The highest BCUT2D eigenvalue weighted by Crippen LogP contribution is 2.42. The fourth-order valence-electron chi connectivity index (χ4n) is 4.05. The number of ketones is 1. The first-order chi connectivity index (χ1) is 16.1. The van der Waals surface area contributed by atoms with Crippen LogP contribution in [0.25, 0.3) is 6.08 Å². The Morgan fingerprint density at radius 2 is 1.88 bits per heavy atom. The zero-order chi connectivity index (χ0) is 22.9. The Balaban J connectivity index is 1.44. The van der Waals surface area contributed by atoms with Gasteiger partial charge in [-0.15, -0.1) is 0 Å². The molecule has 3 aromatic carbocycles. The molecule has 0 amide bonds. The van der Waals surface area contributed by atoms with E-state index in [1.54, 1.807) is 62.8 Å². The van der Waals surface area contributed by atoms with Crippen molar-refractivity contribution in [3.63, 3.8) is 0 Å². The molecular weight excluding hydrogens is 425 g/mol. The average Bonchev–Trinajstić information content (AvgIpc) is 3.16. The first kappa shape index (κ1) is 21.0. The number of Topliss-reactive ketones (excluding diaryl/α,β-unsaturated/α-hetero) is 1. The van der Waals surface area contributed by atoms with Gasteiger partial charge in [-0.1, -0.05) is 12.1 Å². The highest BCUT2D eigenvalue weighted by atomic mass is 19.1. The normalized spacial score (nSPS) is 16.1. The molecule has 5 rings (SSSR count). The van der Waals surface area contributed by atoms with Crippen molar-refractivity contribution >= 4 is 11.9 Å². The van der Waals surface area contributed by atoms with Crippen molar-refractivity contribution in [3.05, 3.63) is 88.4 Å². The zero-order valence-corrected chi connectivity index (χ0v) is 18.3. The SMILES string of the molecule is COc1ccc(OC)c(/C=C2\Oc3c(ccc4c3CN(Cc3ccc(F)cc3)CO4)C2=O)c1. The molecule has 0 saturated heterocycles. The number of methoxy groups -OCH3 is 2. The summed E-state index contributed by atoms with van der Waals surface area (Å²) in [6, 6.07) is 15.3. The van der Waals surface area contributed by atoms with Gasteiger partial charge in [-0.05, 0) is 54.1 Å². The third-order valence-electron chi connectivity index (χ3n) is 5.73. The Bertz CT molecular complexity index is 1250. The summed E-state index contributed by atoms with van der Waals surface area (Å²) in [4.78, 5) is 15.2. The van der Waals surface area contributed by atoms with Crippen molar-refractivity contribution in [1.29, 1.82) is 0 Å². The second kappa shape index (κ2) is 8.60. The summed E-state index contributed by atoms with van der Waals surface area (Å²) in [6.07, 6.45) is 1.66. The third-order valence-corrected chi connectivity index (χ3v) is 5.73. The lowest BCUT2D eigenvalue weighted by Crippen LogP contribution is -2.31. The number of ether oxygens (including phenoxy) is 4. The molecule has 6 nitrogen and oxygen atoms in total. The van der Waals surface area contributed by atoms with E-state index in [2.05, 4.69) is 4.90 Å². The highest BCUT2D eigenvalue weighted by Gasteiger charge is 2.33. The number of benzene rings is 3. The lowest BCUT2D eigenvalue weighted by Gasteiger charge is -2.29. The maximum absolute atomic E-state index is 13.2. The summed E-state index contributed by atoms with van der Waals surface area (Å²) in [6.45, 7) is 1.51. The van der Waals surface area contributed by atoms with Gasteiger partial charge in [0.2, 0.25) is 5.78 Å². The number of halogens is 1. The fourth-order valence-corrected chi connectivity index (χ4v) is 4.05. The lowest BCUT2D eigenvalue weighted by atomic mass is 10.0. The molecule has 3 aromatic rings. The summed E-state index contributed by atoms with van der Waals surface area (Å²) < 4.78 is 35.9. The number of rotatable bonds is 5. The van der Waals surface area contributed by atoms with Gasteiger partial charge in [-0.25, -0.2) is 4.39 Å². The van der Waals surface area contributed by atoms with Crippen LogP contribution in [0.2, 0.25) is 0 Å². The van der Waals surface area contributed by atoms with Gasteiger partial charge < -0.3 is 18.9 Å². The minimum absolute atomic E-state index is 0.201. The Morgan fingerprint density at radius 1 is 1.06 bits per heavy atom. The van der Waals surface area contributed by atoms with E-state index in [0.29, 0.717) is 53.9 Å². The quantitative estimate of drug-likeness (QED) is 0.523. The van der Waals surface area contributed by atoms with Crippen LogP contribution in [0.5, 0.6) is 23.0 Å². The van der Waals surface area contributed by atoms with Gasteiger partial charge >= 0.3 is 0 Å². The molecule has 0 radical (unpaired) electrons. The Hall–Kier alpha value is -3.84. The summed E-state index contributed by atoms with van der Waals surface area (Å²) in [7, 11) is 3.15. The van der Waals surface area contributed by atoms with Gasteiger partial charge in [0, 0.05) is 18.7 Å². The van der Waals surface area contributed by atoms with E-state index < -0.39 is 0 Å². The molecule has 0 fully saturated rings. The molecule has 0 unspecified atom stereocenters. The van der Waals surface area contributed by atoms with Crippen LogP contribution < -0.4 is 18.9 Å². The van der Waals surface area contributed by atoms with Crippen molar-refractivity contribution in [2.75, 3.05) is 21.0 Å². The van der Waals surface area contributed by atoms with Crippen molar-refractivity contribution < 1.29 is 28.1 Å². The topological polar surface area (TPSA) is 57.2 Å². The Morgan fingerprint density at radius 3 is 2.64 bits per heavy atom. The summed E-state index contributed by atoms with van der Waals surface area (Å²) in [5.41, 5.74) is 2.96. The monoisotopic (exact) mass is 447 g/mol. The maximum atomic E-state index is 13.2. The molecule has 33 heavy (non-hydrogen) atoms. The predicted octanol–water partition coefficient (Wildman–Crippen LogP) is 4.81. The molecule has 0 saturated carbocycles. The number of hydrogen-bond donors (Lipinski definition) is 0. The summed E-state index contributed by atoms with van der Waals surface area (Å²) in [5.74, 6) is 2.19. The van der Waals surface area contributed by atoms with Crippen molar-refractivity contribution in [1.82, 2.24) is 4.90 Å². The van der Waals surface area contributed by atoms with Crippen molar-refractivity contribution in [2.45, 2.75) is 13.1 Å². The first-order valence-corrected chi connectivity index (χ1v) is 10.5. The molecule has 0 aliphatic carbocycles. The lowest BCUT2D eigenvalue weighted by molar-refractivity contribution is 0.0872. The van der Waals surface area contributed by atoms with Crippen LogP contribution in [0, 0.1) is 5.82 Å². The first-order valence-electron chi connectivity index (χ1n) is 10.5. The number of nitrogens with zero attached hydrogens (tertiary/aromatic N) is 1. The fraction of sp³-hybridized carbons (Fsp3) is 0.192. The van der Waals surface area contributed by atoms with Gasteiger partial charge in [0.1, 0.15) is 35.5 Å². The average molecular weight is 447 g/mol. The third kappa shape index (κ3) is 4.03. The Kier molecular flexibility index (Phi) is 5.48. The van der Waals surface area contributed by atoms with E-state index in [4.69, 9.17) is 18.9 Å². The highest BCUT2D eigenvalue weighted by molar-refractivity contribution is 6.15. The maximum Gasteiger partial charge on any atom is 0.231 e. The molecule has 168 valence electrons. The van der Waals surface area contributed by atoms with E-state index in [1.165, 1.54) is 12.1 Å². The zero-order valence-electron chi connectivity index (χ0n) is 18.3. The Labute approximate surface area is 190 Å². The summed E-state index contributed by atoms with van der Waals surface area (Å²) in [5, 5.41) is 0. The van der Waals surface area contributed by atoms with Gasteiger partial charge in [-0.2, -0.15) is 0 Å². The minimum atomic E-state index is -0.268. The molecule has 0 aromatic heterocycles. The van der Waals surface area contributed by atoms with Gasteiger partial charge in [0.25, 0.3) is 0 Å². The standard InChI is InChI=1S/C26H22FNO5/c1-30-19-7-9-22(31-2)17(11-19)12-24-25(29)20-8-10-23-21(26(20)33-24)14-28(15-32-23)13-16-3-5-18(27)6-4-16/h3-12H,13-15H2,1-2H3/b24-12-. The van der Waals surface area contributed by atoms with E-state index in [9.17, 15) is 9.18 Å². The van der Waals surface area contributed by atoms with E-state index in [1.807, 2.05) is 0 Å². The second-order valence-corrected chi connectivity index (χ2v) is 7.85. The second-order valence-electron chi connectivity index (χ2n) is 7.85. The number of carbonyl (C=O) groups is 1. The van der Waals surface area contributed by atoms with Gasteiger partial charge in [0.15, 0.2) is 5.76 Å².